The second-order valence-electron chi connectivity index (χ2n) is 9.84. The average molecular weight is 474 g/mol. The molecule has 0 spiro atoms. The largest absolute Gasteiger partial charge is 0.347 e. The first kappa shape index (κ1) is 26.1. The van der Waals surface area contributed by atoms with Crippen LogP contribution in [0.15, 0.2) is 59.8 Å². The molecule has 0 bridgehead atoms. The summed E-state index contributed by atoms with van der Waals surface area (Å²) in [6.07, 6.45) is 5.82. The number of aromatic nitrogens is 2. The first-order valence-electron chi connectivity index (χ1n) is 12.1. The van der Waals surface area contributed by atoms with Crippen LogP contribution in [0.3, 0.4) is 0 Å². The summed E-state index contributed by atoms with van der Waals surface area (Å²) in [6.45, 7) is 11.5. The summed E-state index contributed by atoms with van der Waals surface area (Å²) < 4.78 is 1.48. The van der Waals surface area contributed by atoms with Gasteiger partial charge in [0.1, 0.15) is 11.8 Å². The Labute approximate surface area is 207 Å². The van der Waals surface area contributed by atoms with Crippen LogP contribution in [0.4, 0.5) is 0 Å². The Morgan fingerprint density at radius 1 is 1.03 bits per heavy atom. The summed E-state index contributed by atoms with van der Waals surface area (Å²) in [6, 6.07) is 10.3. The van der Waals surface area contributed by atoms with Gasteiger partial charge in [-0.05, 0) is 80.0 Å². The maximum atomic E-state index is 13.5. The Kier molecular flexibility index (Phi) is 8.39. The highest BCUT2D eigenvalue weighted by Gasteiger charge is 2.26. The lowest BCUT2D eigenvalue weighted by Gasteiger charge is -2.25. The molecule has 0 aliphatic carbocycles. The zero-order valence-electron chi connectivity index (χ0n) is 21.5. The molecule has 1 amide bonds. The fraction of sp³-hybridized carbons (Fsp3) is 0.379. The molecule has 1 aromatic carbocycles. The van der Waals surface area contributed by atoms with E-state index in [1.165, 1.54) is 17.6 Å². The van der Waals surface area contributed by atoms with Crippen LogP contribution in [0.1, 0.15) is 68.0 Å². The van der Waals surface area contributed by atoms with Gasteiger partial charge in [-0.25, -0.2) is 0 Å². The fourth-order valence-electron chi connectivity index (χ4n) is 4.50. The van der Waals surface area contributed by atoms with Crippen molar-refractivity contribution in [1.82, 2.24) is 14.9 Å². The summed E-state index contributed by atoms with van der Waals surface area (Å²) in [5.74, 6) is -0.131. The number of hydrogen-bond donors (Lipinski definition) is 1. The molecule has 6 nitrogen and oxygen atoms in total. The van der Waals surface area contributed by atoms with Crippen molar-refractivity contribution in [2.24, 2.45) is 5.92 Å². The highest BCUT2D eigenvalue weighted by atomic mass is 16.2. The molecule has 1 N–H and O–H groups in total. The van der Waals surface area contributed by atoms with E-state index in [1.54, 1.807) is 18.6 Å². The molecule has 2 aromatic heterocycles. The van der Waals surface area contributed by atoms with Gasteiger partial charge in [-0.15, -0.1) is 0 Å². The number of rotatable bonds is 9. The number of hydrogen-bond acceptors (Lipinski definition) is 4. The van der Waals surface area contributed by atoms with E-state index in [0.29, 0.717) is 6.42 Å². The normalized spacial score (nSPS) is 12.9. The third-order valence-electron chi connectivity index (χ3n) is 6.18. The zero-order valence-corrected chi connectivity index (χ0v) is 21.5. The Balaban J connectivity index is 1.98. The second-order valence-corrected chi connectivity index (χ2v) is 9.84. The van der Waals surface area contributed by atoms with Gasteiger partial charge in [0.15, 0.2) is 0 Å². The van der Waals surface area contributed by atoms with Crippen molar-refractivity contribution in [1.29, 1.82) is 0 Å². The number of ketones is 1. The highest BCUT2D eigenvalue weighted by Crippen LogP contribution is 2.29. The van der Waals surface area contributed by atoms with E-state index in [0.717, 1.165) is 33.4 Å². The van der Waals surface area contributed by atoms with Crippen LogP contribution in [0.5, 0.6) is 0 Å². The van der Waals surface area contributed by atoms with Gasteiger partial charge in [0.2, 0.25) is 5.91 Å². The lowest BCUT2D eigenvalue weighted by atomic mass is 9.94. The smallest absolute Gasteiger partial charge is 0.251 e. The maximum Gasteiger partial charge on any atom is 0.251 e. The van der Waals surface area contributed by atoms with Crippen LogP contribution in [-0.2, 0) is 9.59 Å². The Morgan fingerprint density at radius 3 is 2.31 bits per heavy atom. The summed E-state index contributed by atoms with van der Waals surface area (Å²) in [5.41, 5.74) is 5.69. The molecule has 0 aliphatic rings. The van der Waals surface area contributed by atoms with Crippen LogP contribution in [0, 0.1) is 26.7 Å². The highest BCUT2D eigenvalue weighted by molar-refractivity contribution is 5.83. The Hall–Kier alpha value is -3.54. The molecule has 6 heteroatoms. The number of benzene rings is 1. The number of amides is 1. The van der Waals surface area contributed by atoms with Crippen LogP contribution in [-0.4, -0.2) is 21.2 Å². The second kappa shape index (κ2) is 11.3. The molecule has 0 saturated carbocycles. The van der Waals surface area contributed by atoms with E-state index in [4.69, 9.17) is 0 Å². The van der Waals surface area contributed by atoms with Crippen molar-refractivity contribution >= 4 is 11.7 Å². The summed E-state index contributed by atoms with van der Waals surface area (Å²) in [7, 11) is 0. The SMILES string of the molecule is CC(=O)C[C@@H](NC(=O)[C@H](CC(C)C)n1ccc(C)cc1=O)c1cncc(-c2c(C)cccc2C)c1. The topological polar surface area (TPSA) is 81.1 Å². The fourth-order valence-corrected chi connectivity index (χ4v) is 4.50. The van der Waals surface area contributed by atoms with Crippen LogP contribution in [0.25, 0.3) is 11.1 Å². The minimum atomic E-state index is -0.674. The van der Waals surface area contributed by atoms with E-state index >= 15 is 0 Å². The number of nitrogens with zero attached hydrogens (tertiary/aromatic N) is 2. The molecule has 2 atom stereocenters. The summed E-state index contributed by atoms with van der Waals surface area (Å²) in [4.78, 5) is 42.8. The first-order chi connectivity index (χ1) is 16.6. The van der Waals surface area contributed by atoms with E-state index in [1.807, 2.05) is 39.0 Å². The lowest BCUT2D eigenvalue weighted by molar-refractivity contribution is -0.126. The molecular weight excluding hydrogens is 438 g/mol. The Bertz CT molecular complexity index is 1260. The number of pyridine rings is 2. The van der Waals surface area contributed by atoms with E-state index in [2.05, 4.69) is 36.3 Å². The Morgan fingerprint density at radius 2 is 1.71 bits per heavy atom. The quantitative estimate of drug-likeness (QED) is 0.460. The third kappa shape index (κ3) is 6.53. The van der Waals surface area contributed by atoms with Crippen molar-refractivity contribution in [3.05, 3.63) is 87.6 Å². The minimum Gasteiger partial charge on any atom is -0.347 e. The number of carbonyl (C=O) groups is 2. The monoisotopic (exact) mass is 473 g/mol. The summed E-state index contributed by atoms with van der Waals surface area (Å²) >= 11 is 0. The third-order valence-corrected chi connectivity index (χ3v) is 6.18. The molecule has 0 radical (unpaired) electrons. The van der Waals surface area contributed by atoms with Gasteiger partial charge >= 0.3 is 0 Å². The molecule has 0 saturated heterocycles. The van der Waals surface area contributed by atoms with Crippen molar-refractivity contribution in [3.8, 4) is 11.1 Å². The molecule has 2 heterocycles. The average Bonchev–Trinajstić information content (AvgIpc) is 2.77. The van der Waals surface area contributed by atoms with Crippen molar-refractivity contribution in [2.75, 3.05) is 0 Å². The number of carbonyl (C=O) groups excluding carboxylic acids is 2. The molecule has 0 unspecified atom stereocenters. The van der Waals surface area contributed by atoms with Gasteiger partial charge in [-0.3, -0.25) is 19.4 Å². The van der Waals surface area contributed by atoms with Crippen LogP contribution in [0.2, 0.25) is 0 Å². The molecule has 3 aromatic rings. The molecule has 0 aliphatic heterocycles. The minimum absolute atomic E-state index is 0.0410. The number of Topliss-reactive ketones (excluding diaryl/α,β-unsaturated/α-hetero) is 1. The van der Waals surface area contributed by atoms with E-state index in [9.17, 15) is 14.4 Å². The van der Waals surface area contributed by atoms with Crippen LogP contribution >= 0.6 is 0 Å². The molecule has 3 rings (SSSR count). The molecule has 184 valence electrons. The van der Waals surface area contributed by atoms with Gasteiger partial charge in [-0.2, -0.15) is 0 Å². The lowest BCUT2D eigenvalue weighted by Crippen LogP contribution is -2.40. The van der Waals surface area contributed by atoms with E-state index < -0.39 is 12.1 Å². The number of nitrogens with one attached hydrogen (secondary N) is 1. The predicted octanol–water partition coefficient (Wildman–Crippen LogP) is 5.26. The van der Waals surface area contributed by atoms with Gasteiger partial charge < -0.3 is 9.88 Å². The standard InChI is InChI=1S/C29H35N3O3/c1-18(2)12-26(32-11-10-19(3)13-27(32)34)29(35)31-25(14-22(6)33)23-15-24(17-30-16-23)28-20(4)8-7-9-21(28)5/h7-11,13,15-18,25-26H,12,14H2,1-6H3,(H,31,35)/t25-,26+/m1/s1. The van der Waals surface area contributed by atoms with Gasteiger partial charge in [-0.1, -0.05) is 32.0 Å². The molecule has 0 fully saturated rings. The van der Waals surface area contributed by atoms with Gasteiger partial charge in [0.25, 0.3) is 5.56 Å². The summed E-state index contributed by atoms with van der Waals surface area (Å²) in [5, 5.41) is 3.06. The first-order valence-corrected chi connectivity index (χ1v) is 12.1. The van der Waals surface area contributed by atoms with Crippen molar-refractivity contribution in [2.45, 2.75) is 66.5 Å². The number of aryl methyl sites for hydroxylation is 3. The van der Waals surface area contributed by atoms with Gasteiger partial charge in [0.05, 0.1) is 6.04 Å². The van der Waals surface area contributed by atoms with Crippen LogP contribution < -0.4 is 10.9 Å². The van der Waals surface area contributed by atoms with E-state index in [-0.39, 0.29) is 29.6 Å². The zero-order chi connectivity index (χ0) is 25.7. The van der Waals surface area contributed by atoms with Gasteiger partial charge in [0, 0.05) is 36.6 Å². The predicted molar refractivity (Wildman–Crippen MR) is 139 cm³/mol. The van der Waals surface area contributed by atoms with Crippen molar-refractivity contribution in [3.63, 3.8) is 0 Å². The molecular formula is C29H35N3O3. The molecule has 35 heavy (non-hydrogen) atoms. The van der Waals surface area contributed by atoms with Crippen molar-refractivity contribution < 1.29 is 9.59 Å². The maximum absolute atomic E-state index is 13.5.